The molecule has 0 radical (unpaired) electrons. The second-order valence-corrected chi connectivity index (χ2v) is 7.54. The van der Waals surface area contributed by atoms with Gasteiger partial charge in [0.2, 0.25) is 0 Å². The number of rotatable bonds is 7. The number of hydrogen-bond donors (Lipinski definition) is 4. The summed E-state index contributed by atoms with van der Waals surface area (Å²) in [5.74, 6) is 1.89. The normalized spacial score (nSPS) is 13.3. The molecule has 4 N–H and O–H groups in total. The first kappa shape index (κ1) is 20.1. The van der Waals surface area contributed by atoms with Gasteiger partial charge in [0.25, 0.3) is 0 Å². The third-order valence-corrected chi connectivity index (χ3v) is 5.60. The lowest BCUT2D eigenvalue weighted by molar-refractivity contribution is 0.618. The fourth-order valence-corrected chi connectivity index (χ4v) is 3.36. The summed E-state index contributed by atoms with van der Waals surface area (Å²) in [6, 6.07) is 17.5. The summed E-state index contributed by atoms with van der Waals surface area (Å²) in [6.45, 7) is 4.17. The summed E-state index contributed by atoms with van der Waals surface area (Å²) in [4.78, 5) is 15.7. The minimum Gasteiger partial charge on any atom is -0.341 e. The number of H-pyrrole nitrogens is 2. The van der Waals surface area contributed by atoms with Crippen molar-refractivity contribution < 1.29 is 0 Å². The molecule has 2 aromatic heterocycles. The van der Waals surface area contributed by atoms with E-state index in [2.05, 4.69) is 92.9 Å². The van der Waals surface area contributed by atoms with Crippen LogP contribution in [-0.2, 0) is 0 Å². The maximum absolute atomic E-state index is 4.47. The lowest BCUT2D eigenvalue weighted by atomic mass is 10.0. The van der Waals surface area contributed by atoms with Gasteiger partial charge in [-0.15, -0.1) is 0 Å². The maximum atomic E-state index is 4.47. The van der Waals surface area contributed by atoms with Crippen LogP contribution in [0.2, 0.25) is 0 Å². The fourth-order valence-electron chi connectivity index (χ4n) is 3.36. The van der Waals surface area contributed by atoms with Crippen LogP contribution in [0.25, 0.3) is 33.6 Å². The van der Waals surface area contributed by atoms with Crippen LogP contribution in [0.5, 0.6) is 0 Å². The molecule has 0 spiro atoms. The molecule has 0 aliphatic carbocycles. The molecule has 0 aliphatic heterocycles. The van der Waals surface area contributed by atoms with Crippen molar-refractivity contribution in [1.29, 1.82) is 0 Å². The Hall–Kier alpha value is -3.22. The molecule has 154 valence electrons. The number of nitrogens with one attached hydrogen (secondary N) is 4. The molecule has 2 aromatic carbocycles. The molecule has 0 bridgehead atoms. The third-order valence-electron chi connectivity index (χ3n) is 5.60. The highest BCUT2D eigenvalue weighted by atomic mass is 15.0. The molecule has 0 unspecified atom stereocenters. The first-order valence-electron chi connectivity index (χ1n) is 10.2. The van der Waals surface area contributed by atoms with Gasteiger partial charge in [-0.3, -0.25) is 0 Å². The highest BCUT2D eigenvalue weighted by Crippen LogP contribution is 2.27. The van der Waals surface area contributed by atoms with Crippen LogP contribution in [0.1, 0.15) is 37.6 Å². The Morgan fingerprint density at radius 3 is 1.27 bits per heavy atom. The summed E-state index contributed by atoms with van der Waals surface area (Å²) >= 11 is 0. The van der Waals surface area contributed by atoms with Crippen molar-refractivity contribution >= 4 is 0 Å². The molecule has 6 nitrogen and oxygen atoms in total. The van der Waals surface area contributed by atoms with E-state index in [0.717, 1.165) is 34.2 Å². The largest absolute Gasteiger partial charge is 0.341 e. The average Bonchev–Trinajstić information content (AvgIpc) is 3.49. The lowest BCUT2D eigenvalue weighted by Crippen LogP contribution is -2.13. The molecule has 0 saturated heterocycles. The van der Waals surface area contributed by atoms with Crippen LogP contribution in [0.3, 0.4) is 0 Å². The number of nitrogens with zero attached hydrogens (tertiary/aromatic N) is 2. The Balaban J connectivity index is 1.51. The quantitative estimate of drug-likeness (QED) is 0.363. The van der Waals surface area contributed by atoms with E-state index in [0.29, 0.717) is 0 Å². The zero-order chi connectivity index (χ0) is 21.1. The lowest BCUT2D eigenvalue weighted by Gasteiger charge is -2.07. The highest BCUT2D eigenvalue weighted by molar-refractivity contribution is 5.71. The third kappa shape index (κ3) is 4.06. The maximum Gasteiger partial charge on any atom is 0.123 e. The summed E-state index contributed by atoms with van der Waals surface area (Å²) in [5, 5.41) is 6.40. The Morgan fingerprint density at radius 1 is 0.600 bits per heavy atom. The molecule has 4 aromatic rings. The van der Waals surface area contributed by atoms with Crippen molar-refractivity contribution in [3.8, 4) is 33.6 Å². The zero-order valence-electron chi connectivity index (χ0n) is 17.8. The summed E-state index contributed by atoms with van der Waals surface area (Å²) < 4.78 is 0. The van der Waals surface area contributed by atoms with Crippen molar-refractivity contribution in [2.45, 2.75) is 25.9 Å². The van der Waals surface area contributed by atoms with Gasteiger partial charge in [-0.25, -0.2) is 9.97 Å². The van der Waals surface area contributed by atoms with Crippen LogP contribution < -0.4 is 10.6 Å². The van der Waals surface area contributed by atoms with Gasteiger partial charge in [0.1, 0.15) is 11.6 Å². The number of benzene rings is 2. The van der Waals surface area contributed by atoms with E-state index in [4.69, 9.17) is 0 Å². The fraction of sp³-hybridized carbons (Fsp3) is 0.250. The zero-order valence-corrected chi connectivity index (χ0v) is 17.8. The van der Waals surface area contributed by atoms with Crippen LogP contribution in [0, 0.1) is 0 Å². The number of aromatic nitrogens is 4. The molecule has 4 rings (SSSR count). The van der Waals surface area contributed by atoms with Gasteiger partial charge >= 0.3 is 0 Å². The van der Waals surface area contributed by atoms with E-state index in [1.54, 1.807) is 0 Å². The van der Waals surface area contributed by atoms with Crippen LogP contribution in [0.4, 0.5) is 0 Å². The smallest absolute Gasteiger partial charge is 0.123 e. The Labute approximate surface area is 177 Å². The molecular weight excluding hydrogens is 372 g/mol. The van der Waals surface area contributed by atoms with Crippen molar-refractivity contribution in [2.24, 2.45) is 0 Å². The summed E-state index contributed by atoms with van der Waals surface area (Å²) in [5.41, 5.74) is 6.67. The van der Waals surface area contributed by atoms with E-state index in [1.807, 2.05) is 26.5 Å². The number of aromatic amines is 2. The molecule has 30 heavy (non-hydrogen) atoms. The molecule has 0 aliphatic rings. The van der Waals surface area contributed by atoms with E-state index >= 15 is 0 Å². The SMILES string of the molecule is CN[C@@H](C)c1ncc(-c2ccc(-c3ccc(-c4cnc([C@H](C)NC)[nH]4)cc3)cc2)[nH]1. The van der Waals surface area contributed by atoms with Gasteiger partial charge in [0, 0.05) is 0 Å². The van der Waals surface area contributed by atoms with Gasteiger partial charge in [0.15, 0.2) is 0 Å². The molecule has 0 saturated carbocycles. The average molecular weight is 401 g/mol. The van der Waals surface area contributed by atoms with Crippen molar-refractivity contribution in [3.05, 3.63) is 72.6 Å². The van der Waals surface area contributed by atoms with Crippen molar-refractivity contribution in [2.75, 3.05) is 14.1 Å². The van der Waals surface area contributed by atoms with Crippen LogP contribution >= 0.6 is 0 Å². The van der Waals surface area contributed by atoms with Crippen LogP contribution in [-0.4, -0.2) is 34.0 Å². The molecule has 0 amide bonds. The van der Waals surface area contributed by atoms with Gasteiger partial charge in [-0.1, -0.05) is 48.5 Å². The van der Waals surface area contributed by atoms with E-state index in [9.17, 15) is 0 Å². The van der Waals surface area contributed by atoms with Crippen molar-refractivity contribution in [1.82, 2.24) is 30.6 Å². The Morgan fingerprint density at radius 2 is 0.933 bits per heavy atom. The molecule has 0 fully saturated rings. The van der Waals surface area contributed by atoms with Gasteiger partial charge in [-0.05, 0) is 50.2 Å². The first-order valence-corrected chi connectivity index (χ1v) is 10.2. The van der Waals surface area contributed by atoms with Gasteiger partial charge in [0.05, 0.1) is 35.9 Å². The first-order chi connectivity index (χ1) is 14.6. The minimum atomic E-state index is 0.198. The molecule has 2 atom stereocenters. The number of imidazole rings is 2. The molecule has 2 heterocycles. The van der Waals surface area contributed by atoms with Crippen LogP contribution in [0.15, 0.2) is 60.9 Å². The molecular formula is C24H28N6. The molecule has 6 heteroatoms. The van der Waals surface area contributed by atoms with E-state index in [1.165, 1.54) is 11.1 Å². The van der Waals surface area contributed by atoms with E-state index < -0.39 is 0 Å². The Kier molecular flexibility index (Phi) is 5.79. The minimum absolute atomic E-state index is 0.198. The van der Waals surface area contributed by atoms with Crippen molar-refractivity contribution in [3.63, 3.8) is 0 Å². The standard InChI is InChI=1S/C24H28N6/c1-15(25-3)23-27-13-21(29-23)19-9-5-17(6-10-19)18-7-11-20(12-8-18)22-14-28-24(30-22)16(2)26-4/h5-16,25-26H,1-4H3,(H,27,29)(H,28,30)/t15-,16-/m0/s1. The predicted octanol–water partition coefficient (Wildman–Crippen LogP) is 4.69. The monoisotopic (exact) mass is 400 g/mol. The van der Waals surface area contributed by atoms with Gasteiger partial charge < -0.3 is 20.6 Å². The highest BCUT2D eigenvalue weighted by Gasteiger charge is 2.10. The predicted molar refractivity (Wildman–Crippen MR) is 122 cm³/mol. The second kappa shape index (κ2) is 8.65. The summed E-state index contributed by atoms with van der Waals surface area (Å²) in [7, 11) is 3.86. The second-order valence-electron chi connectivity index (χ2n) is 7.54. The Bertz CT molecular complexity index is 1000. The topological polar surface area (TPSA) is 81.4 Å². The van der Waals surface area contributed by atoms with Gasteiger partial charge in [-0.2, -0.15) is 0 Å². The van der Waals surface area contributed by atoms with E-state index in [-0.39, 0.29) is 12.1 Å². The summed E-state index contributed by atoms with van der Waals surface area (Å²) in [6.07, 6.45) is 3.78. The number of hydrogen-bond acceptors (Lipinski definition) is 4.